The molecule has 144 valence electrons. The monoisotopic (exact) mass is 385 g/mol. The van der Waals surface area contributed by atoms with Gasteiger partial charge in [0, 0.05) is 23.0 Å². The first kappa shape index (κ1) is 18.5. The van der Waals surface area contributed by atoms with Gasteiger partial charge in [0.05, 0.1) is 17.6 Å². The Morgan fingerprint density at radius 3 is 2.66 bits per heavy atom. The van der Waals surface area contributed by atoms with E-state index < -0.39 is 11.5 Å². The zero-order valence-corrected chi connectivity index (χ0v) is 16.0. The summed E-state index contributed by atoms with van der Waals surface area (Å²) in [6.45, 7) is 3.36. The molecule has 3 aromatic rings. The van der Waals surface area contributed by atoms with Crippen molar-refractivity contribution in [3.8, 4) is 22.9 Å². The number of carbonyl (C=O) groups excluding carboxylic acids is 1. The number of hydrogen-bond acceptors (Lipinski definition) is 5. The van der Waals surface area contributed by atoms with Crippen molar-refractivity contribution in [1.29, 1.82) is 5.26 Å². The Morgan fingerprint density at radius 1 is 1.14 bits per heavy atom. The van der Waals surface area contributed by atoms with Crippen molar-refractivity contribution in [3.63, 3.8) is 0 Å². The van der Waals surface area contributed by atoms with E-state index in [1.165, 1.54) is 0 Å². The van der Waals surface area contributed by atoms with E-state index in [1.54, 1.807) is 62.5 Å². The van der Waals surface area contributed by atoms with Gasteiger partial charge in [-0.1, -0.05) is 12.1 Å². The lowest BCUT2D eigenvalue weighted by Gasteiger charge is -2.36. The second-order valence-electron chi connectivity index (χ2n) is 7.53. The molecule has 0 saturated carbocycles. The number of aromatic nitrogens is 1. The molecular formula is C23H19N3O3. The molecule has 3 N–H and O–H groups in total. The molecule has 0 saturated heterocycles. The van der Waals surface area contributed by atoms with Crippen LogP contribution in [0.25, 0.3) is 11.1 Å². The highest BCUT2D eigenvalue weighted by atomic mass is 16.5. The molecule has 0 radical (unpaired) electrons. The first-order chi connectivity index (χ1) is 13.8. The van der Waals surface area contributed by atoms with E-state index in [-0.39, 0.29) is 11.3 Å². The third kappa shape index (κ3) is 3.07. The minimum absolute atomic E-state index is 0.248. The summed E-state index contributed by atoms with van der Waals surface area (Å²) in [5, 5.41) is 9.32. The Morgan fingerprint density at radius 2 is 1.93 bits per heavy atom. The molecule has 6 heteroatoms. The molecule has 1 unspecified atom stereocenters. The predicted molar refractivity (Wildman–Crippen MR) is 110 cm³/mol. The summed E-state index contributed by atoms with van der Waals surface area (Å²) in [5.41, 5.74) is 7.57. The Labute approximate surface area is 167 Å². The van der Waals surface area contributed by atoms with Gasteiger partial charge < -0.3 is 15.5 Å². The maximum absolute atomic E-state index is 13.4. The van der Waals surface area contributed by atoms with Gasteiger partial charge in [0.1, 0.15) is 5.75 Å². The molecule has 0 amide bonds. The molecule has 1 aliphatic heterocycles. The fourth-order valence-corrected chi connectivity index (χ4v) is 3.77. The van der Waals surface area contributed by atoms with Crippen LogP contribution < -0.4 is 16.0 Å². The zero-order valence-electron chi connectivity index (χ0n) is 16.0. The number of ether oxygens (including phenoxy) is 1. The molecule has 29 heavy (non-hydrogen) atoms. The number of fused-ring (bicyclic) bond motifs is 1. The lowest BCUT2D eigenvalue weighted by atomic mass is 9.76. The summed E-state index contributed by atoms with van der Waals surface area (Å²) in [6, 6.07) is 15.9. The van der Waals surface area contributed by atoms with Crippen LogP contribution in [0.15, 0.2) is 59.5 Å². The van der Waals surface area contributed by atoms with Gasteiger partial charge in [-0.25, -0.2) is 0 Å². The van der Waals surface area contributed by atoms with Gasteiger partial charge in [-0.15, -0.1) is 0 Å². The van der Waals surface area contributed by atoms with Crippen molar-refractivity contribution in [3.05, 3.63) is 81.8 Å². The summed E-state index contributed by atoms with van der Waals surface area (Å²) in [6.07, 6.45) is 1.55. The lowest BCUT2D eigenvalue weighted by molar-refractivity contribution is -0.134. The first-order valence-corrected chi connectivity index (χ1v) is 9.16. The minimum atomic E-state index is -1.12. The fraction of sp³-hybridized carbons (Fsp3) is 0.174. The van der Waals surface area contributed by atoms with Crippen molar-refractivity contribution in [1.82, 2.24) is 4.98 Å². The number of aromatic amines is 1. The summed E-state index contributed by atoms with van der Waals surface area (Å²) in [7, 11) is 0. The van der Waals surface area contributed by atoms with Gasteiger partial charge in [0.2, 0.25) is 0 Å². The van der Waals surface area contributed by atoms with Gasteiger partial charge in [-0.05, 0) is 61.4 Å². The quantitative estimate of drug-likeness (QED) is 0.658. The van der Waals surface area contributed by atoms with Crippen LogP contribution in [-0.4, -0.2) is 16.4 Å². The van der Waals surface area contributed by atoms with Crippen molar-refractivity contribution < 1.29 is 9.53 Å². The second-order valence-corrected chi connectivity index (χ2v) is 7.53. The number of anilines is 1. The van der Waals surface area contributed by atoms with Gasteiger partial charge in [0.15, 0.2) is 11.4 Å². The summed E-state index contributed by atoms with van der Waals surface area (Å²) in [4.78, 5) is 29.1. The topological polar surface area (TPSA) is 109 Å². The molecule has 0 fully saturated rings. The predicted octanol–water partition coefficient (Wildman–Crippen LogP) is 3.37. The third-order valence-electron chi connectivity index (χ3n) is 5.16. The number of hydrogen-bond donors (Lipinski definition) is 2. The second kappa shape index (κ2) is 6.64. The average Bonchev–Trinajstić information content (AvgIpc) is 2.69. The van der Waals surface area contributed by atoms with Crippen LogP contribution in [0, 0.1) is 11.3 Å². The van der Waals surface area contributed by atoms with E-state index in [2.05, 4.69) is 11.1 Å². The highest BCUT2D eigenvalue weighted by molar-refractivity contribution is 5.99. The molecule has 0 spiro atoms. The number of nitrogens with one attached hydrogen (secondary N) is 1. The van der Waals surface area contributed by atoms with Crippen LogP contribution in [0.5, 0.6) is 5.75 Å². The van der Waals surface area contributed by atoms with Crippen molar-refractivity contribution in [2.24, 2.45) is 0 Å². The van der Waals surface area contributed by atoms with Crippen molar-refractivity contribution in [2.45, 2.75) is 25.4 Å². The highest BCUT2D eigenvalue weighted by Crippen LogP contribution is 2.43. The molecule has 1 atom stereocenters. The van der Waals surface area contributed by atoms with Crippen LogP contribution in [0.1, 0.15) is 36.5 Å². The zero-order chi connectivity index (χ0) is 20.8. The number of pyridine rings is 1. The van der Waals surface area contributed by atoms with Crippen molar-refractivity contribution >= 4 is 11.5 Å². The smallest absolute Gasteiger partial charge is 0.252 e. The van der Waals surface area contributed by atoms with Crippen LogP contribution >= 0.6 is 0 Å². The molecule has 0 bridgehead atoms. The molecule has 2 heterocycles. The largest absolute Gasteiger partial charge is 0.480 e. The van der Waals surface area contributed by atoms with E-state index >= 15 is 0 Å². The molecule has 6 nitrogen and oxygen atoms in total. The van der Waals surface area contributed by atoms with Gasteiger partial charge in [-0.3, -0.25) is 9.59 Å². The number of carbonyl (C=O) groups is 1. The molecule has 0 aliphatic carbocycles. The van der Waals surface area contributed by atoms with E-state index in [4.69, 9.17) is 10.5 Å². The number of nitrogens with two attached hydrogens (primary N) is 1. The Kier molecular flexibility index (Phi) is 4.24. The van der Waals surface area contributed by atoms with E-state index in [0.717, 1.165) is 5.56 Å². The van der Waals surface area contributed by atoms with Gasteiger partial charge in [-0.2, -0.15) is 5.26 Å². The van der Waals surface area contributed by atoms with Crippen LogP contribution in [0.2, 0.25) is 0 Å². The van der Waals surface area contributed by atoms with Crippen LogP contribution in [0.4, 0.5) is 5.69 Å². The normalized spacial score (nSPS) is 17.1. The van der Waals surface area contributed by atoms with E-state index in [0.29, 0.717) is 33.7 Å². The van der Waals surface area contributed by atoms with Crippen molar-refractivity contribution in [2.75, 3.05) is 5.73 Å². The lowest BCUT2D eigenvalue weighted by Crippen LogP contribution is -2.46. The number of nitriles is 1. The minimum Gasteiger partial charge on any atom is -0.480 e. The number of H-pyrrole nitrogens is 1. The highest BCUT2D eigenvalue weighted by Gasteiger charge is 2.45. The number of nitrogens with zero attached hydrogens (tertiary/aromatic N) is 1. The Balaban J connectivity index is 2.04. The van der Waals surface area contributed by atoms with Gasteiger partial charge in [0.25, 0.3) is 5.56 Å². The molecule has 1 aromatic heterocycles. The Hall–Kier alpha value is -3.85. The summed E-state index contributed by atoms with van der Waals surface area (Å²) < 4.78 is 5.90. The number of Topliss-reactive ketones (excluding diaryl/α,β-unsaturated/α-hetero) is 1. The number of ketones is 1. The molecule has 4 rings (SSSR count). The van der Waals surface area contributed by atoms with E-state index in [9.17, 15) is 14.9 Å². The standard InChI is InChI=1S/C23H19N3O3/c1-23(2)21(27)19(17-10-13(12-24)6-7-18(17)29-23)20-16(8-9-26-22(20)28)14-4-3-5-15(25)11-14/h3-11,19H,25H2,1-2H3,(H,26,28). The summed E-state index contributed by atoms with van der Waals surface area (Å²) >= 11 is 0. The number of benzene rings is 2. The first-order valence-electron chi connectivity index (χ1n) is 9.16. The number of rotatable bonds is 2. The fourth-order valence-electron chi connectivity index (χ4n) is 3.77. The van der Waals surface area contributed by atoms with Gasteiger partial charge >= 0.3 is 0 Å². The maximum Gasteiger partial charge on any atom is 0.252 e. The Bertz CT molecular complexity index is 1230. The molecule has 1 aliphatic rings. The summed E-state index contributed by atoms with van der Waals surface area (Å²) in [5.74, 6) is -0.634. The molecular weight excluding hydrogens is 366 g/mol. The molecule has 2 aromatic carbocycles. The van der Waals surface area contributed by atoms with E-state index in [1.807, 2.05) is 6.07 Å². The SMILES string of the molecule is CC1(C)Oc2ccc(C#N)cc2C(c2c(-c3cccc(N)c3)cc[nH]c2=O)C1=O. The maximum atomic E-state index is 13.4. The average molecular weight is 385 g/mol. The van der Waals surface area contributed by atoms with Crippen LogP contribution in [0.3, 0.4) is 0 Å². The number of nitrogen functional groups attached to an aromatic ring is 1. The third-order valence-corrected chi connectivity index (χ3v) is 5.16. The van der Waals surface area contributed by atoms with Crippen LogP contribution in [-0.2, 0) is 4.79 Å².